The first-order valence-corrected chi connectivity index (χ1v) is 6.43. The van der Waals surface area contributed by atoms with E-state index in [2.05, 4.69) is 39.0 Å². The second-order valence-corrected chi connectivity index (χ2v) is 5.53. The molecule has 0 radical (unpaired) electrons. The second kappa shape index (κ2) is 5.03. The van der Waals surface area contributed by atoms with Crippen molar-refractivity contribution in [1.82, 2.24) is 0 Å². The molecular weight excluding hydrogens is 208 g/mol. The van der Waals surface area contributed by atoms with Crippen LogP contribution in [0.2, 0.25) is 0 Å². The lowest BCUT2D eigenvalue weighted by Gasteiger charge is -2.29. The van der Waals surface area contributed by atoms with Crippen molar-refractivity contribution in [3.8, 4) is 0 Å². The van der Waals surface area contributed by atoms with E-state index >= 15 is 0 Å². The monoisotopic (exact) mass is 232 g/mol. The van der Waals surface area contributed by atoms with Crippen molar-refractivity contribution in [3.05, 3.63) is 34.9 Å². The summed E-state index contributed by atoms with van der Waals surface area (Å²) >= 11 is 0. The van der Waals surface area contributed by atoms with Gasteiger partial charge in [-0.1, -0.05) is 32.0 Å². The van der Waals surface area contributed by atoms with Crippen molar-refractivity contribution in [2.75, 3.05) is 0 Å². The van der Waals surface area contributed by atoms with E-state index in [1.807, 2.05) is 13.8 Å². The molecule has 0 aliphatic rings. The van der Waals surface area contributed by atoms with Crippen LogP contribution in [0.1, 0.15) is 63.6 Å². The molecule has 0 fully saturated rings. The normalized spacial score (nSPS) is 13.5. The molecule has 1 atom stereocenters. The average molecular weight is 232 g/mol. The van der Waals surface area contributed by atoms with Gasteiger partial charge in [0.1, 0.15) is 5.78 Å². The maximum atomic E-state index is 11.9. The molecule has 0 saturated heterocycles. The van der Waals surface area contributed by atoms with Crippen molar-refractivity contribution in [1.29, 1.82) is 0 Å². The van der Waals surface area contributed by atoms with Gasteiger partial charge in [-0.2, -0.15) is 0 Å². The standard InChI is InChI=1S/C16H24O/c1-7-11(2)14-10-8-9-12(3)15(14)16(5,6)13(4)17/h8-11H,7H2,1-6H3. The number of aryl methyl sites for hydroxylation is 1. The largest absolute Gasteiger partial charge is 0.299 e. The lowest BCUT2D eigenvalue weighted by molar-refractivity contribution is -0.121. The third-order valence-corrected chi connectivity index (χ3v) is 3.95. The highest BCUT2D eigenvalue weighted by Gasteiger charge is 2.30. The molecule has 0 aliphatic heterocycles. The van der Waals surface area contributed by atoms with Gasteiger partial charge in [-0.25, -0.2) is 0 Å². The molecule has 0 heterocycles. The molecule has 94 valence electrons. The Balaban J connectivity index is 3.45. The van der Waals surface area contributed by atoms with Crippen molar-refractivity contribution in [2.24, 2.45) is 0 Å². The van der Waals surface area contributed by atoms with Crippen LogP contribution >= 0.6 is 0 Å². The van der Waals surface area contributed by atoms with E-state index in [9.17, 15) is 4.79 Å². The maximum Gasteiger partial charge on any atom is 0.139 e. The second-order valence-electron chi connectivity index (χ2n) is 5.53. The van der Waals surface area contributed by atoms with Crippen LogP contribution in [0.4, 0.5) is 0 Å². The summed E-state index contributed by atoms with van der Waals surface area (Å²) in [5.41, 5.74) is 3.39. The Morgan fingerprint density at radius 3 is 2.41 bits per heavy atom. The van der Waals surface area contributed by atoms with Gasteiger partial charge >= 0.3 is 0 Å². The molecule has 17 heavy (non-hydrogen) atoms. The Bertz CT molecular complexity index is 416. The molecular formula is C16H24O. The number of carbonyl (C=O) groups excluding carboxylic acids is 1. The number of carbonyl (C=O) groups is 1. The summed E-state index contributed by atoms with van der Waals surface area (Å²) in [5.74, 6) is 0.736. The predicted molar refractivity (Wildman–Crippen MR) is 73.6 cm³/mol. The lowest BCUT2D eigenvalue weighted by Crippen LogP contribution is -2.29. The van der Waals surface area contributed by atoms with Gasteiger partial charge in [0.05, 0.1) is 0 Å². The Labute approximate surface area is 105 Å². The smallest absolute Gasteiger partial charge is 0.139 e. The minimum atomic E-state index is -0.385. The SMILES string of the molecule is CCC(C)c1cccc(C)c1C(C)(C)C(C)=O. The molecule has 0 aliphatic carbocycles. The molecule has 0 saturated carbocycles. The van der Waals surface area contributed by atoms with Crippen LogP contribution in [0.5, 0.6) is 0 Å². The summed E-state index contributed by atoms with van der Waals surface area (Å²) < 4.78 is 0. The number of ketones is 1. The minimum absolute atomic E-state index is 0.233. The van der Waals surface area contributed by atoms with Gasteiger partial charge in [0.15, 0.2) is 0 Å². The molecule has 0 aromatic heterocycles. The summed E-state index contributed by atoms with van der Waals surface area (Å²) in [5, 5.41) is 0. The highest BCUT2D eigenvalue weighted by Crippen LogP contribution is 2.35. The van der Waals surface area contributed by atoms with Gasteiger partial charge in [0, 0.05) is 5.41 Å². The first kappa shape index (κ1) is 14.0. The highest BCUT2D eigenvalue weighted by molar-refractivity contribution is 5.88. The van der Waals surface area contributed by atoms with Gasteiger partial charge in [0.25, 0.3) is 0 Å². The van der Waals surface area contributed by atoms with Crippen LogP contribution in [0.15, 0.2) is 18.2 Å². The van der Waals surface area contributed by atoms with Crippen molar-refractivity contribution < 1.29 is 4.79 Å². The Morgan fingerprint density at radius 2 is 1.94 bits per heavy atom. The Kier molecular flexibility index (Phi) is 4.13. The van der Waals surface area contributed by atoms with Crippen molar-refractivity contribution >= 4 is 5.78 Å². The molecule has 0 spiro atoms. The average Bonchev–Trinajstić information content (AvgIpc) is 2.27. The zero-order valence-corrected chi connectivity index (χ0v) is 11.9. The molecule has 0 amide bonds. The quantitative estimate of drug-likeness (QED) is 0.753. The third-order valence-electron chi connectivity index (χ3n) is 3.95. The number of rotatable bonds is 4. The van der Waals surface area contributed by atoms with Crippen LogP contribution in [-0.4, -0.2) is 5.78 Å². The fourth-order valence-electron chi connectivity index (χ4n) is 2.35. The first-order valence-electron chi connectivity index (χ1n) is 6.43. The molecule has 1 unspecified atom stereocenters. The van der Waals surface area contributed by atoms with Crippen LogP contribution < -0.4 is 0 Å². The third kappa shape index (κ3) is 2.59. The lowest BCUT2D eigenvalue weighted by atomic mass is 9.74. The summed E-state index contributed by atoms with van der Waals surface area (Å²) in [4.78, 5) is 11.9. The molecule has 0 N–H and O–H groups in total. The van der Waals surface area contributed by atoms with Crippen molar-refractivity contribution in [2.45, 2.75) is 59.3 Å². The minimum Gasteiger partial charge on any atom is -0.299 e. The molecule has 1 heteroatoms. The van der Waals surface area contributed by atoms with Gasteiger partial charge in [-0.05, 0) is 56.7 Å². The highest BCUT2D eigenvalue weighted by atomic mass is 16.1. The summed E-state index contributed by atoms with van der Waals surface area (Å²) in [6.07, 6.45) is 1.10. The van der Waals surface area contributed by atoms with Gasteiger partial charge in [-0.3, -0.25) is 4.79 Å². The fourth-order valence-corrected chi connectivity index (χ4v) is 2.35. The van der Waals surface area contributed by atoms with Gasteiger partial charge in [0.2, 0.25) is 0 Å². The van der Waals surface area contributed by atoms with Crippen LogP contribution in [-0.2, 0) is 10.2 Å². The van der Waals surface area contributed by atoms with E-state index in [4.69, 9.17) is 0 Å². The molecule has 1 rings (SSSR count). The summed E-state index contributed by atoms with van der Waals surface area (Å²) in [7, 11) is 0. The van der Waals surface area contributed by atoms with Crippen LogP contribution in [0, 0.1) is 6.92 Å². The maximum absolute atomic E-state index is 11.9. The summed E-state index contributed by atoms with van der Waals surface area (Å²) in [6.45, 7) is 12.3. The fraction of sp³-hybridized carbons (Fsp3) is 0.562. The zero-order chi connectivity index (χ0) is 13.2. The van der Waals surface area contributed by atoms with Crippen molar-refractivity contribution in [3.63, 3.8) is 0 Å². The zero-order valence-electron chi connectivity index (χ0n) is 11.9. The number of hydrogen-bond acceptors (Lipinski definition) is 1. The number of hydrogen-bond donors (Lipinski definition) is 0. The Hall–Kier alpha value is -1.11. The predicted octanol–water partition coefficient (Wildman–Crippen LogP) is 4.38. The van der Waals surface area contributed by atoms with E-state index in [0.717, 1.165) is 6.42 Å². The van der Waals surface area contributed by atoms with Crippen LogP contribution in [0.25, 0.3) is 0 Å². The molecule has 1 aromatic rings. The van der Waals surface area contributed by atoms with Gasteiger partial charge < -0.3 is 0 Å². The van der Waals surface area contributed by atoms with E-state index in [1.54, 1.807) is 6.92 Å². The number of benzene rings is 1. The van der Waals surface area contributed by atoms with E-state index in [1.165, 1.54) is 16.7 Å². The van der Waals surface area contributed by atoms with Crippen LogP contribution in [0.3, 0.4) is 0 Å². The van der Waals surface area contributed by atoms with E-state index < -0.39 is 0 Å². The molecule has 1 nitrogen and oxygen atoms in total. The van der Waals surface area contributed by atoms with E-state index in [0.29, 0.717) is 5.92 Å². The molecule has 0 bridgehead atoms. The number of Topliss-reactive ketones (excluding diaryl/α,β-unsaturated/α-hetero) is 1. The topological polar surface area (TPSA) is 17.1 Å². The summed E-state index contributed by atoms with van der Waals surface area (Å²) in [6, 6.07) is 6.36. The van der Waals surface area contributed by atoms with E-state index in [-0.39, 0.29) is 11.2 Å². The first-order chi connectivity index (χ1) is 7.82. The molecule has 1 aromatic carbocycles. The van der Waals surface area contributed by atoms with Gasteiger partial charge in [-0.15, -0.1) is 0 Å². The Morgan fingerprint density at radius 1 is 1.35 bits per heavy atom.